The highest BCUT2D eigenvalue weighted by Crippen LogP contribution is 2.21. The third kappa shape index (κ3) is 4.41. The number of carbonyl (C=O) groups excluding carboxylic acids is 1. The predicted molar refractivity (Wildman–Crippen MR) is 96.7 cm³/mol. The third-order valence-corrected chi connectivity index (χ3v) is 5.22. The molecule has 1 aromatic rings. The third-order valence-electron chi connectivity index (χ3n) is 5.22. The number of ether oxygens (including phenoxy) is 1. The summed E-state index contributed by atoms with van der Waals surface area (Å²) in [6.07, 6.45) is 6.38. The Hall–Kier alpha value is -1.75. The van der Waals surface area contributed by atoms with Crippen LogP contribution in [0.2, 0.25) is 0 Å². The summed E-state index contributed by atoms with van der Waals surface area (Å²) in [5, 5.41) is 3.46. The molecule has 1 aliphatic heterocycles. The smallest absolute Gasteiger partial charge is 0.236 e. The number of carbonyl (C=O) groups is 1. The summed E-state index contributed by atoms with van der Waals surface area (Å²) < 4.78 is 5.20. The van der Waals surface area contributed by atoms with Crippen molar-refractivity contribution in [1.29, 1.82) is 0 Å². The fourth-order valence-corrected chi connectivity index (χ4v) is 3.66. The molecule has 1 saturated heterocycles. The van der Waals surface area contributed by atoms with Crippen molar-refractivity contribution >= 4 is 11.6 Å². The maximum atomic E-state index is 12.4. The number of rotatable bonds is 5. The molecule has 0 bridgehead atoms. The van der Waals surface area contributed by atoms with Crippen LogP contribution in [-0.2, 0) is 4.79 Å². The van der Waals surface area contributed by atoms with E-state index in [1.807, 2.05) is 17.0 Å². The van der Waals surface area contributed by atoms with Crippen LogP contribution < -0.4 is 15.0 Å². The monoisotopic (exact) mass is 331 g/mol. The van der Waals surface area contributed by atoms with Crippen molar-refractivity contribution in [2.75, 3.05) is 44.7 Å². The number of hydrogen-bond donors (Lipinski definition) is 1. The van der Waals surface area contributed by atoms with E-state index < -0.39 is 0 Å². The first kappa shape index (κ1) is 17.1. The van der Waals surface area contributed by atoms with Gasteiger partial charge < -0.3 is 19.9 Å². The van der Waals surface area contributed by atoms with Gasteiger partial charge in [0.15, 0.2) is 0 Å². The van der Waals surface area contributed by atoms with Crippen molar-refractivity contribution in [3.05, 3.63) is 24.3 Å². The molecule has 0 aromatic heterocycles. The molecule has 2 fully saturated rings. The van der Waals surface area contributed by atoms with E-state index in [-0.39, 0.29) is 5.91 Å². The number of piperazine rings is 1. The molecule has 1 amide bonds. The van der Waals surface area contributed by atoms with E-state index in [1.165, 1.54) is 37.8 Å². The molecule has 1 heterocycles. The maximum Gasteiger partial charge on any atom is 0.236 e. The Morgan fingerprint density at radius 1 is 1.08 bits per heavy atom. The summed E-state index contributed by atoms with van der Waals surface area (Å²) in [4.78, 5) is 16.7. The quantitative estimate of drug-likeness (QED) is 0.899. The number of hydrogen-bond acceptors (Lipinski definition) is 4. The van der Waals surface area contributed by atoms with E-state index >= 15 is 0 Å². The standard InChI is InChI=1S/C19H29N3O2/c1-24-18-9-7-17(8-10-18)21-11-13-22(14-12-21)19(23)15-20-16-5-3-2-4-6-16/h7-10,16,20H,2-6,11-15H2,1H3. The van der Waals surface area contributed by atoms with Crippen LogP contribution in [0.25, 0.3) is 0 Å². The summed E-state index contributed by atoms with van der Waals surface area (Å²) >= 11 is 0. The Morgan fingerprint density at radius 2 is 1.75 bits per heavy atom. The number of methoxy groups -OCH3 is 1. The molecule has 5 heteroatoms. The molecule has 0 spiro atoms. The minimum Gasteiger partial charge on any atom is -0.497 e. The minimum atomic E-state index is 0.245. The number of nitrogens with zero attached hydrogens (tertiary/aromatic N) is 2. The Kier molecular flexibility index (Phi) is 5.96. The lowest BCUT2D eigenvalue weighted by Crippen LogP contribution is -2.51. The summed E-state index contributed by atoms with van der Waals surface area (Å²) in [6, 6.07) is 8.69. The number of anilines is 1. The lowest BCUT2D eigenvalue weighted by Gasteiger charge is -2.36. The van der Waals surface area contributed by atoms with Crippen LogP contribution in [0.15, 0.2) is 24.3 Å². The summed E-state index contributed by atoms with van der Waals surface area (Å²) in [5.74, 6) is 1.12. The van der Waals surface area contributed by atoms with Crippen LogP contribution in [0, 0.1) is 0 Å². The predicted octanol–water partition coefficient (Wildman–Crippen LogP) is 2.27. The van der Waals surface area contributed by atoms with Crippen molar-refractivity contribution in [3.8, 4) is 5.75 Å². The van der Waals surface area contributed by atoms with Crippen LogP contribution >= 0.6 is 0 Å². The number of amides is 1. The largest absolute Gasteiger partial charge is 0.497 e. The van der Waals surface area contributed by atoms with E-state index in [0.29, 0.717) is 12.6 Å². The van der Waals surface area contributed by atoms with Crippen molar-refractivity contribution in [2.24, 2.45) is 0 Å². The van der Waals surface area contributed by atoms with E-state index in [9.17, 15) is 4.79 Å². The van der Waals surface area contributed by atoms with Gasteiger partial charge in [0, 0.05) is 37.9 Å². The average Bonchev–Trinajstić information content (AvgIpc) is 2.67. The average molecular weight is 331 g/mol. The lowest BCUT2D eigenvalue weighted by molar-refractivity contribution is -0.130. The Bertz CT molecular complexity index is 518. The second kappa shape index (κ2) is 8.38. The van der Waals surface area contributed by atoms with E-state index in [1.54, 1.807) is 7.11 Å². The first-order chi connectivity index (χ1) is 11.8. The molecule has 132 valence electrons. The first-order valence-corrected chi connectivity index (χ1v) is 9.16. The summed E-state index contributed by atoms with van der Waals surface area (Å²) in [7, 11) is 1.68. The van der Waals surface area contributed by atoms with Crippen molar-refractivity contribution < 1.29 is 9.53 Å². The van der Waals surface area contributed by atoms with Crippen LogP contribution in [0.5, 0.6) is 5.75 Å². The fourth-order valence-electron chi connectivity index (χ4n) is 3.66. The minimum absolute atomic E-state index is 0.245. The molecule has 1 N–H and O–H groups in total. The highest BCUT2D eigenvalue weighted by Gasteiger charge is 2.22. The molecule has 1 aromatic carbocycles. The molecule has 1 saturated carbocycles. The number of nitrogens with one attached hydrogen (secondary N) is 1. The van der Waals surface area contributed by atoms with Gasteiger partial charge >= 0.3 is 0 Å². The van der Waals surface area contributed by atoms with Crippen molar-refractivity contribution in [3.63, 3.8) is 0 Å². The molecule has 0 radical (unpaired) electrons. The molecule has 2 aliphatic rings. The molecule has 1 aliphatic carbocycles. The molecular weight excluding hydrogens is 302 g/mol. The lowest BCUT2D eigenvalue weighted by atomic mass is 9.95. The van der Waals surface area contributed by atoms with Crippen LogP contribution in [0.1, 0.15) is 32.1 Å². The van der Waals surface area contributed by atoms with Gasteiger partial charge in [0.2, 0.25) is 5.91 Å². The molecular formula is C19H29N3O2. The van der Waals surface area contributed by atoms with Crippen molar-refractivity contribution in [2.45, 2.75) is 38.1 Å². The van der Waals surface area contributed by atoms with Gasteiger partial charge in [0.1, 0.15) is 5.75 Å². The zero-order valence-corrected chi connectivity index (χ0v) is 14.7. The Balaban J connectivity index is 1.42. The topological polar surface area (TPSA) is 44.8 Å². The van der Waals surface area contributed by atoms with E-state index in [2.05, 4.69) is 22.3 Å². The van der Waals surface area contributed by atoms with Gasteiger partial charge in [-0.05, 0) is 37.1 Å². The molecule has 0 unspecified atom stereocenters. The molecule has 0 atom stereocenters. The van der Waals surface area contributed by atoms with Gasteiger partial charge in [-0.3, -0.25) is 4.79 Å². The van der Waals surface area contributed by atoms with Crippen molar-refractivity contribution in [1.82, 2.24) is 10.2 Å². The summed E-state index contributed by atoms with van der Waals surface area (Å²) in [6.45, 7) is 3.88. The highest BCUT2D eigenvalue weighted by atomic mass is 16.5. The summed E-state index contributed by atoms with van der Waals surface area (Å²) in [5.41, 5.74) is 1.20. The number of benzene rings is 1. The zero-order chi connectivity index (χ0) is 16.8. The van der Waals surface area contributed by atoms with Crippen LogP contribution in [-0.4, -0.2) is 56.7 Å². The van der Waals surface area contributed by atoms with Gasteiger partial charge in [0.05, 0.1) is 13.7 Å². The fraction of sp³-hybridized carbons (Fsp3) is 0.632. The normalized spacial score (nSPS) is 19.4. The molecule has 24 heavy (non-hydrogen) atoms. The SMILES string of the molecule is COc1ccc(N2CCN(C(=O)CNC3CCCCC3)CC2)cc1. The van der Waals surface area contributed by atoms with E-state index in [4.69, 9.17) is 4.74 Å². The Morgan fingerprint density at radius 3 is 2.38 bits per heavy atom. The van der Waals surface area contributed by atoms with Gasteiger partial charge in [-0.2, -0.15) is 0 Å². The van der Waals surface area contributed by atoms with Gasteiger partial charge in [0.25, 0.3) is 0 Å². The second-order valence-electron chi connectivity index (χ2n) is 6.78. The first-order valence-electron chi connectivity index (χ1n) is 9.16. The molecule has 5 nitrogen and oxygen atoms in total. The van der Waals surface area contributed by atoms with Crippen LogP contribution in [0.4, 0.5) is 5.69 Å². The van der Waals surface area contributed by atoms with Crippen LogP contribution in [0.3, 0.4) is 0 Å². The maximum absolute atomic E-state index is 12.4. The highest BCUT2D eigenvalue weighted by molar-refractivity contribution is 5.78. The van der Waals surface area contributed by atoms with E-state index in [0.717, 1.165) is 31.9 Å². The Labute approximate surface area is 145 Å². The molecule has 3 rings (SSSR count). The second-order valence-corrected chi connectivity index (χ2v) is 6.78. The van der Waals surface area contributed by atoms with Gasteiger partial charge in [-0.15, -0.1) is 0 Å². The van der Waals surface area contributed by atoms with Gasteiger partial charge in [-0.25, -0.2) is 0 Å². The zero-order valence-electron chi connectivity index (χ0n) is 14.7. The van der Waals surface area contributed by atoms with Gasteiger partial charge in [-0.1, -0.05) is 19.3 Å².